The molecular formula is C31H40N3O5PSi. The Balaban J connectivity index is 1.24. The lowest BCUT2D eigenvalue weighted by atomic mass is 10.0. The topological polar surface area (TPSA) is 85.8 Å². The van der Waals surface area contributed by atoms with E-state index in [-0.39, 0.29) is 29.8 Å². The van der Waals surface area contributed by atoms with Gasteiger partial charge in [0.1, 0.15) is 14.3 Å². The molecule has 3 fully saturated rings. The van der Waals surface area contributed by atoms with E-state index in [9.17, 15) is 9.59 Å². The van der Waals surface area contributed by atoms with Crippen LogP contribution in [0.3, 0.4) is 0 Å². The van der Waals surface area contributed by atoms with Gasteiger partial charge in [-0.25, -0.2) is 9.46 Å². The summed E-state index contributed by atoms with van der Waals surface area (Å²) >= 11 is 0. The molecule has 218 valence electrons. The van der Waals surface area contributed by atoms with Crippen LogP contribution in [-0.4, -0.2) is 53.2 Å². The van der Waals surface area contributed by atoms with Gasteiger partial charge in [-0.3, -0.25) is 14.3 Å². The molecule has 6 atom stereocenters. The molecule has 0 spiro atoms. The van der Waals surface area contributed by atoms with Crippen LogP contribution in [0.4, 0.5) is 0 Å². The number of nitrogens with one attached hydrogen (secondary N) is 1. The number of ether oxygens (including phenoxy) is 1. The molecule has 1 aromatic heterocycles. The van der Waals surface area contributed by atoms with E-state index in [0.717, 1.165) is 25.4 Å². The van der Waals surface area contributed by atoms with Gasteiger partial charge in [-0.2, -0.15) is 0 Å². The Morgan fingerprint density at radius 3 is 2.37 bits per heavy atom. The molecule has 0 bridgehead atoms. The van der Waals surface area contributed by atoms with Crippen LogP contribution in [0.5, 0.6) is 0 Å². The van der Waals surface area contributed by atoms with Crippen molar-refractivity contribution in [2.45, 2.75) is 83.2 Å². The Labute approximate surface area is 243 Å². The summed E-state index contributed by atoms with van der Waals surface area (Å²) in [6.07, 6.45) is 3.59. The zero-order valence-electron chi connectivity index (χ0n) is 24.2. The summed E-state index contributed by atoms with van der Waals surface area (Å²) < 4.78 is 24.1. The molecule has 0 saturated carbocycles. The predicted octanol–water partition coefficient (Wildman–Crippen LogP) is 4.16. The Hall–Kier alpha value is -2.39. The van der Waals surface area contributed by atoms with Crippen LogP contribution in [0, 0.1) is 12.8 Å². The first kappa shape index (κ1) is 28.7. The summed E-state index contributed by atoms with van der Waals surface area (Å²) in [6, 6.07) is 23.2. The summed E-state index contributed by atoms with van der Waals surface area (Å²) in [6.45, 7) is 9.37. The number of aryl methyl sites for hydroxylation is 1. The van der Waals surface area contributed by atoms with Gasteiger partial charge < -0.3 is 13.8 Å². The number of hydrogen-bond acceptors (Lipinski definition) is 6. The molecule has 0 aliphatic carbocycles. The zero-order chi connectivity index (χ0) is 28.7. The highest BCUT2D eigenvalue weighted by atomic mass is 31.2. The van der Waals surface area contributed by atoms with Crippen molar-refractivity contribution < 1.29 is 13.8 Å². The number of aromatic amines is 1. The summed E-state index contributed by atoms with van der Waals surface area (Å²) in [5.74, 6) is 0.194. The standard InChI is InChI=1S/C31H40N3O5PSi/c1-21(2)29-26(18-28(37-29)33-19-22(3)30(35)32-31(33)36)38-40-34-17-11-16-25(34)27(39-40)20-41(4,23-12-7-5-8-13-23)24-14-9-6-10-15-24/h5-10,12-15,19,21,25-29H,11,16-18,20H2,1-4H3,(H,32,35,36)/t25-,26?,27+,28-,29-,40?/m1/s1. The quantitative estimate of drug-likeness (QED) is 0.312. The maximum Gasteiger partial charge on any atom is 0.330 e. The fraction of sp³-hybridized carbons (Fsp3) is 0.484. The fourth-order valence-electron chi connectivity index (χ4n) is 6.72. The zero-order valence-corrected chi connectivity index (χ0v) is 26.1. The van der Waals surface area contributed by atoms with Crippen LogP contribution in [0.25, 0.3) is 0 Å². The number of nitrogens with zero attached hydrogens (tertiary/aromatic N) is 2. The maximum absolute atomic E-state index is 12.6. The first-order valence-corrected chi connectivity index (χ1v) is 18.6. The molecule has 0 amide bonds. The van der Waals surface area contributed by atoms with E-state index in [2.05, 4.69) is 90.7 Å². The van der Waals surface area contributed by atoms with E-state index in [1.807, 2.05) is 0 Å². The van der Waals surface area contributed by atoms with Crippen molar-refractivity contribution in [1.82, 2.24) is 14.2 Å². The van der Waals surface area contributed by atoms with Gasteiger partial charge in [0, 0.05) is 30.8 Å². The van der Waals surface area contributed by atoms with E-state index in [4.69, 9.17) is 13.8 Å². The van der Waals surface area contributed by atoms with Crippen molar-refractivity contribution in [1.29, 1.82) is 0 Å². The van der Waals surface area contributed by atoms with Gasteiger partial charge in [-0.1, -0.05) is 91.4 Å². The van der Waals surface area contributed by atoms with Crippen LogP contribution in [-0.2, 0) is 13.8 Å². The van der Waals surface area contributed by atoms with Crippen LogP contribution in [0.1, 0.15) is 44.9 Å². The maximum atomic E-state index is 12.6. The van der Waals surface area contributed by atoms with Crippen molar-refractivity contribution in [3.63, 3.8) is 0 Å². The van der Waals surface area contributed by atoms with Gasteiger partial charge in [0.2, 0.25) is 0 Å². The van der Waals surface area contributed by atoms with Gasteiger partial charge >= 0.3 is 5.69 Å². The number of rotatable bonds is 8. The van der Waals surface area contributed by atoms with Crippen LogP contribution in [0.15, 0.2) is 76.4 Å². The number of hydrogen-bond donors (Lipinski definition) is 1. The molecule has 41 heavy (non-hydrogen) atoms. The molecule has 2 unspecified atom stereocenters. The van der Waals surface area contributed by atoms with Crippen molar-refractivity contribution in [3.05, 3.63) is 93.3 Å². The molecule has 3 saturated heterocycles. The highest BCUT2D eigenvalue weighted by molar-refractivity contribution is 7.45. The van der Waals surface area contributed by atoms with E-state index in [0.29, 0.717) is 18.0 Å². The van der Waals surface area contributed by atoms with Gasteiger partial charge in [0.15, 0.2) is 0 Å². The fourth-order valence-corrected chi connectivity index (χ4v) is 12.7. The van der Waals surface area contributed by atoms with Crippen LogP contribution in [0.2, 0.25) is 12.6 Å². The molecule has 4 heterocycles. The Morgan fingerprint density at radius 2 is 1.73 bits per heavy atom. The van der Waals surface area contributed by atoms with E-state index >= 15 is 0 Å². The van der Waals surface area contributed by atoms with E-state index in [1.165, 1.54) is 14.9 Å². The minimum Gasteiger partial charge on any atom is -0.352 e. The summed E-state index contributed by atoms with van der Waals surface area (Å²) in [7, 11) is -3.35. The normalized spacial score (nSPS) is 28.4. The Morgan fingerprint density at radius 1 is 1.07 bits per heavy atom. The van der Waals surface area contributed by atoms with Gasteiger partial charge in [0.05, 0.1) is 18.3 Å². The van der Waals surface area contributed by atoms with Crippen LogP contribution >= 0.6 is 8.53 Å². The number of benzene rings is 2. The minimum atomic E-state index is -2.09. The largest absolute Gasteiger partial charge is 0.352 e. The third-order valence-corrected chi connectivity index (χ3v) is 15.3. The van der Waals surface area contributed by atoms with Crippen LogP contribution < -0.4 is 21.6 Å². The molecular weight excluding hydrogens is 553 g/mol. The highest BCUT2D eigenvalue weighted by Crippen LogP contribution is 2.59. The molecule has 0 radical (unpaired) electrons. The molecule has 6 rings (SSSR count). The summed E-state index contributed by atoms with van der Waals surface area (Å²) in [4.78, 5) is 27.0. The number of aromatic nitrogens is 2. The Bertz CT molecular complexity index is 1430. The molecule has 3 aliphatic rings. The minimum absolute atomic E-state index is 0.0979. The lowest BCUT2D eigenvalue weighted by molar-refractivity contribution is -0.0399. The van der Waals surface area contributed by atoms with Gasteiger partial charge in [-0.05, 0) is 31.7 Å². The molecule has 1 N–H and O–H groups in total. The number of fused-ring (bicyclic) bond motifs is 1. The smallest absolute Gasteiger partial charge is 0.330 e. The number of H-pyrrole nitrogens is 1. The molecule has 8 nitrogen and oxygen atoms in total. The monoisotopic (exact) mass is 593 g/mol. The lowest BCUT2D eigenvalue weighted by Crippen LogP contribution is -2.58. The molecule has 3 aromatic rings. The average Bonchev–Trinajstić information content (AvgIpc) is 3.69. The SMILES string of the molecule is Cc1cn([C@H]2CC(OP3O[C@@H](C[Si](C)(c4ccccc4)c4ccccc4)[C@H]4CCCN43)[C@@H](C(C)C)O2)c(=O)[nH]c1=O. The average molecular weight is 594 g/mol. The van der Waals surface area contributed by atoms with Crippen molar-refractivity contribution in [2.75, 3.05) is 6.54 Å². The summed E-state index contributed by atoms with van der Waals surface area (Å²) in [5.41, 5.74) is -0.343. The second-order valence-electron chi connectivity index (χ2n) is 12.2. The van der Waals surface area contributed by atoms with E-state index in [1.54, 1.807) is 13.1 Å². The van der Waals surface area contributed by atoms with E-state index < -0.39 is 28.5 Å². The van der Waals surface area contributed by atoms with Crippen molar-refractivity contribution in [2.24, 2.45) is 5.92 Å². The van der Waals surface area contributed by atoms with Crippen molar-refractivity contribution in [3.8, 4) is 0 Å². The predicted molar refractivity (Wildman–Crippen MR) is 164 cm³/mol. The van der Waals surface area contributed by atoms with Gasteiger partial charge in [0.25, 0.3) is 14.1 Å². The second-order valence-corrected chi connectivity index (χ2v) is 17.8. The third kappa shape index (κ3) is 5.56. The first-order valence-electron chi connectivity index (χ1n) is 14.7. The first-order chi connectivity index (χ1) is 19.7. The highest BCUT2D eigenvalue weighted by Gasteiger charge is 2.52. The Kier molecular flexibility index (Phi) is 8.20. The molecule has 3 aliphatic heterocycles. The second kappa shape index (κ2) is 11.7. The molecule has 2 aromatic carbocycles. The molecule has 10 heteroatoms. The summed E-state index contributed by atoms with van der Waals surface area (Å²) in [5, 5.41) is 2.84. The van der Waals surface area contributed by atoms with Gasteiger partial charge in [-0.15, -0.1) is 0 Å². The third-order valence-electron chi connectivity index (χ3n) is 9.02. The lowest BCUT2D eigenvalue weighted by Gasteiger charge is -2.32. The van der Waals surface area contributed by atoms with Crippen molar-refractivity contribution >= 4 is 27.0 Å².